The zero-order valence-electron chi connectivity index (χ0n) is 16.6. The topological polar surface area (TPSA) is 84.9 Å². The summed E-state index contributed by atoms with van der Waals surface area (Å²) in [6.07, 6.45) is 5.92. The number of sulfone groups is 1. The van der Waals surface area contributed by atoms with Crippen molar-refractivity contribution >= 4 is 15.7 Å². The first-order valence-electron chi connectivity index (χ1n) is 10.0. The molecule has 2 unspecified atom stereocenters. The van der Waals surface area contributed by atoms with Crippen LogP contribution in [0.2, 0.25) is 0 Å². The van der Waals surface area contributed by atoms with Crippen molar-refractivity contribution in [2.24, 2.45) is 11.8 Å². The largest absolute Gasteiger partial charge is 0.314 e. The highest BCUT2D eigenvalue weighted by molar-refractivity contribution is 7.91. The van der Waals surface area contributed by atoms with Crippen molar-refractivity contribution in [3.63, 3.8) is 0 Å². The molecule has 0 bridgehead atoms. The molecule has 1 saturated carbocycles. The molecule has 0 radical (unpaired) electrons. The molecular formula is C20H30N2O5S. The second kappa shape index (κ2) is 9.35. The van der Waals surface area contributed by atoms with Crippen LogP contribution < -0.4 is 5.32 Å². The molecule has 2 aliphatic rings. The van der Waals surface area contributed by atoms with Crippen LogP contribution in [0.3, 0.4) is 0 Å². The zero-order chi connectivity index (χ0) is 20.1. The van der Waals surface area contributed by atoms with E-state index < -0.39 is 15.7 Å². The molecule has 1 heterocycles. The minimum atomic E-state index is -3.39. The van der Waals surface area contributed by atoms with Gasteiger partial charge in [-0.25, -0.2) is 18.1 Å². The first-order valence-corrected chi connectivity index (χ1v) is 11.7. The number of nitrogens with zero attached hydrogens (tertiary/aromatic N) is 1. The van der Waals surface area contributed by atoms with E-state index in [1.165, 1.54) is 32.1 Å². The molecule has 7 nitrogen and oxygen atoms in total. The number of amides is 1. The van der Waals surface area contributed by atoms with Crippen molar-refractivity contribution in [2.75, 3.05) is 26.0 Å². The van der Waals surface area contributed by atoms with Gasteiger partial charge in [0, 0.05) is 17.5 Å². The lowest BCUT2D eigenvalue weighted by molar-refractivity contribution is -0.319. The number of benzene rings is 1. The molecule has 1 aliphatic heterocycles. The summed E-state index contributed by atoms with van der Waals surface area (Å²) in [7, 11) is -2.02. The van der Waals surface area contributed by atoms with Gasteiger partial charge in [-0.1, -0.05) is 31.1 Å². The fourth-order valence-electron chi connectivity index (χ4n) is 3.70. The Hall–Kier alpha value is -1.48. The highest BCUT2D eigenvalue weighted by Gasteiger charge is 2.32. The maximum absolute atomic E-state index is 12.8. The highest BCUT2D eigenvalue weighted by Crippen LogP contribution is 2.37. The van der Waals surface area contributed by atoms with E-state index >= 15 is 0 Å². The van der Waals surface area contributed by atoms with E-state index in [0.717, 1.165) is 37.0 Å². The number of hydroxylamine groups is 2. The summed E-state index contributed by atoms with van der Waals surface area (Å²) < 4.78 is 24.2. The van der Waals surface area contributed by atoms with Crippen molar-refractivity contribution in [3.05, 3.63) is 29.8 Å². The van der Waals surface area contributed by atoms with E-state index in [-0.39, 0.29) is 16.2 Å². The molecule has 1 aliphatic carbocycles. The third-order valence-corrected chi connectivity index (χ3v) is 7.29. The van der Waals surface area contributed by atoms with Crippen molar-refractivity contribution in [3.8, 4) is 0 Å². The Morgan fingerprint density at radius 2 is 2.11 bits per heavy atom. The predicted octanol–water partition coefficient (Wildman–Crippen LogP) is 2.58. The van der Waals surface area contributed by atoms with Crippen molar-refractivity contribution < 1.29 is 22.9 Å². The first-order chi connectivity index (χ1) is 13.4. The fraction of sp³-hybridized carbons (Fsp3) is 0.650. The number of rotatable bonds is 10. The molecule has 1 N–H and O–H groups in total. The van der Waals surface area contributed by atoms with Gasteiger partial charge in [0.05, 0.1) is 24.4 Å². The van der Waals surface area contributed by atoms with Crippen LogP contribution >= 0.6 is 0 Å². The van der Waals surface area contributed by atoms with Crippen LogP contribution in [0.25, 0.3) is 0 Å². The Morgan fingerprint density at radius 1 is 1.32 bits per heavy atom. The van der Waals surface area contributed by atoms with Crippen LogP contribution in [0.4, 0.5) is 0 Å². The molecule has 28 heavy (non-hydrogen) atoms. The monoisotopic (exact) mass is 410 g/mol. The number of carbonyl (C=O) groups excluding carboxylic acids is 1. The van der Waals surface area contributed by atoms with E-state index in [4.69, 9.17) is 9.68 Å². The average Bonchev–Trinajstić information content (AvgIpc) is 3.36. The fourth-order valence-corrected chi connectivity index (χ4v) is 4.62. The molecule has 1 amide bonds. The van der Waals surface area contributed by atoms with E-state index in [1.54, 1.807) is 19.1 Å². The van der Waals surface area contributed by atoms with Crippen molar-refractivity contribution in [1.29, 1.82) is 0 Å². The first kappa shape index (κ1) is 21.2. The van der Waals surface area contributed by atoms with E-state index in [9.17, 15) is 13.2 Å². The molecule has 1 saturated heterocycles. The summed E-state index contributed by atoms with van der Waals surface area (Å²) in [5, 5.41) is 4.40. The number of hydrogen-bond donors (Lipinski definition) is 1. The quantitative estimate of drug-likeness (QED) is 0.597. The Kier molecular flexibility index (Phi) is 7.09. The van der Waals surface area contributed by atoms with Gasteiger partial charge in [-0.05, 0) is 49.9 Å². The summed E-state index contributed by atoms with van der Waals surface area (Å²) in [6, 6.07) is 6.39. The summed E-state index contributed by atoms with van der Waals surface area (Å²) >= 11 is 0. The van der Waals surface area contributed by atoms with Crippen molar-refractivity contribution in [2.45, 2.75) is 50.0 Å². The van der Waals surface area contributed by atoms with Crippen LogP contribution in [0.15, 0.2) is 29.2 Å². The molecule has 2 fully saturated rings. The van der Waals surface area contributed by atoms with E-state index in [0.29, 0.717) is 18.6 Å². The summed E-state index contributed by atoms with van der Waals surface area (Å²) in [5.41, 5.74) is 0.217. The number of carbonyl (C=O) groups is 1. The smallest absolute Gasteiger partial charge is 0.303 e. The van der Waals surface area contributed by atoms with Gasteiger partial charge in [0.2, 0.25) is 0 Å². The van der Waals surface area contributed by atoms with Crippen molar-refractivity contribution in [1.82, 2.24) is 10.5 Å². The lowest BCUT2D eigenvalue weighted by Crippen LogP contribution is -2.38. The zero-order valence-corrected chi connectivity index (χ0v) is 17.4. The summed E-state index contributed by atoms with van der Waals surface area (Å²) in [4.78, 5) is 23.8. The number of nitrogens with one attached hydrogen (secondary N) is 1. The molecule has 1 aromatic rings. The van der Waals surface area contributed by atoms with Crippen LogP contribution in [0.5, 0.6) is 0 Å². The SMILES string of the molecule is CCS(=O)(=O)c1cccc(C(=O)N(OC)OCC(CC2CC2)C2CCCN2)c1. The second-order valence-electron chi connectivity index (χ2n) is 7.61. The summed E-state index contributed by atoms with van der Waals surface area (Å²) in [5.74, 6) is 0.554. The molecule has 1 aromatic carbocycles. The van der Waals surface area contributed by atoms with E-state index in [2.05, 4.69) is 5.32 Å². The Morgan fingerprint density at radius 3 is 2.71 bits per heavy atom. The molecule has 0 aromatic heterocycles. The van der Waals surface area contributed by atoms with Crippen LogP contribution in [-0.4, -0.2) is 51.6 Å². The molecule has 0 spiro atoms. The van der Waals surface area contributed by atoms with Crippen LogP contribution in [0, 0.1) is 11.8 Å². The predicted molar refractivity (Wildman–Crippen MR) is 105 cm³/mol. The lowest BCUT2D eigenvalue weighted by Gasteiger charge is -2.26. The standard InChI is InChI=1S/C20H30N2O5S/c1-3-28(24,25)18-7-4-6-16(13-18)20(23)22(26-2)27-14-17(12-15-9-10-15)19-8-5-11-21-19/h4,6-7,13,15,17,19,21H,3,5,8-12,14H2,1-2H3. The van der Waals surface area contributed by atoms with Crippen LogP contribution in [0.1, 0.15) is 49.4 Å². The maximum atomic E-state index is 12.8. The molecule has 2 atom stereocenters. The average molecular weight is 411 g/mol. The second-order valence-corrected chi connectivity index (χ2v) is 9.89. The van der Waals surface area contributed by atoms with E-state index in [1.807, 2.05) is 0 Å². The van der Waals surface area contributed by atoms with Gasteiger partial charge in [-0.15, -0.1) is 0 Å². The molecule has 8 heteroatoms. The van der Waals surface area contributed by atoms with Gasteiger partial charge >= 0.3 is 5.91 Å². The minimum Gasteiger partial charge on any atom is -0.314 e. The Bertz CT molecular complexity index is 773. The number of hydrogen-bond acceptors (Lipinski definition) is 6. The van der Waals surface area contributed by atoms with Crippen LogP contribution in [-0.2, 0) is 19.5 Å². The van der Waals surface area contributed by atoms with Gasteiger partial charge in [0.15, 0.2) is 9.84 Å². The maximum Gasteiger partial charge on any atom is 0.303 e. The van der Waals surface area contributed by atoms with Gasteiger partial charge in [0.25, 0.3) is 0 Å². The summed E-state index contributed by atoms with van der Waals surface area (Å²) in [6.45, 7) is 2.99. The third-order valence-electron chi connectivity index (χ3n) is 5.56. The molecular weight excluding hydrogens is 380 g/mol. The lowest BCUT2D eigenvalue weighted by atomic mass is 9.93. The Labute approximate surface area is 167 Å². The Balaban J connectivity index is 1.66. The third kappa shape index (κ3) is 5.31. The highest BCUT2D eigenvalue weighted by atomic mass is 32.2. The normalized spacial score (nSPS) is 20.9. The van der Waals surface area contributed by atoms with Gasteiger partial charge < -0.3 is 5.32 Å². The minimum absolute atomic E-state index is 0.0215. The van der Waals surface area contributed by atoms with Gasteiger partial charge in [-0.2, -0.15) is 0 Å². The van der Waals surface area contributed by atoms with Gasteiger partial charge in [-0.3, -0.25) is 4.79 Å². The molecule has 156 valence electrons. The molecule has 3 rings (SSSR count). The van der Waals surface area contributed by atoms with Gasteiger partial charge in [0.1, 0.15) is 0 Å².